The van der Waals surface area contributed by atoms with Crippen molar-refractivity contribution in [3.05, 3.63) is 0 Å². The lowest BCUT2D eigenvalue weighted by molar-refractivity contribution is -0.181. The molecule has 8 nitrogen and oxygen atoms in total. The van der Waals surface area contributed by atoms with E-state index in [0.29, 0.717) is 0 Å². The Bertz CT molecular complexity index is 260. The highest BCUT2D eigenvalue weighted by Gasteiger charge is 2.31. The molecule has 8 heteroatoms. The van der Waals surface area contributed by atoms with E-state index in [2.05, 4.69) is 9.47 Å². The quantitative estimate of drug-likeness (QED) is 0.354. The SMILES string of the molecule is CC(=O)OCOC(=O)C(O)C(O)C(=O)O. The van der Waals surface area contributed by atoms with Crippen molar-refractivity contribution in [1.82, 2.24) is 0 Å². The average molecular weight is 222 g/mol. The van der Waals surface area contributed by atoms with E-state index in [0.717, 1.165) is 6.92 Å². The Labute approximate surface area is 84.0 Å². The summed E-state index contributed by atoms with van der Waals surface area (Å²) in [4.78, 5) is 31.1. The molecule has 0 aliphatic carbocycles. The van der Waals surface area contributed by atoms with Gasteiger partial charge in [-0.05, 0) is 0 Å². The minimum Gasteiger partial charge on any atom is -0.479 e. The lowest BCUT2D eigenvalue weighted by Crippen LogP contribution is -2.40. The third kappa shape index (κ3) is 4.93. The van der Waals surface area contributed by atoms with Crippen molar-refractivity contribution in [3.8, 4) is 0 Å². The molecule has 2 atom stereocenters. The molecule has 0 saturated heterocycles. The van der Waals surface area contributed by atoms with Crippen LogP contribution >= 0.6 is 0 Å². The van der Waals surface area contributed by atoms with Gasteiger partial charge in [-0.15, -0.1) is 0 Å². The fourth-order valence-corrected chi connectivity index (χ4v) is 0.520. The minimum absolute atomic E-state index is 0.712. The van der Waals surface area contributed by atoms with Gasteiger partial charge in [-0.3, -0.25) is 4.79 Å². The van der Waals surface area contributed by atoms with Crippen LogP contribution in [-0.4, -0.2) is 52.2 Å². The Balaban J connectivity index is 3.99. The molecule has 0 aromatic rings. The number of rotatable bonds is 5. The number of aliphatic carboxylic acids is 1. The summed E-state index contributed by atoms with van der Waals surface area (Å²) in [7, 11) is 0. The van der Waals surface area contributed by atoms with E-state index in [-0.39, 0.29) is 0 Å². The summed E-state index contributed by atoms with van der Waals surface area (Å²) in [6, 6.07) is 0. The number of aliphatic hydroxyl groups excluding tert-OH is 2. The Morgan fingerprint density at radius 1 is 1.13 bits per heavy atom. The summed E-state index contributed by atoms with van der Waals surface area (Å²) >= 11 is 0. The van der Waals surface area contributed by atoms with Gasteiger partial charge in [0.2, 0.25) is 6.79 Å². The Hall–Kier alpha value is -1.67. The van der Waals surface area contributed by atoms with Crippen LogP contribution in [0.5, 0.6) is 0 Å². The van der Waals surface area contributed by atoms with Crippen molar-refractivity contribution >= 4 is 17.9 Å². The lowest BCUT2D eigenvalue weighted by atomic mass is 10.2. The molecule has 0 rings (SSSR count). The molecule has 0 aromatic heterocycles. The van der Waals surface area contributed by atoms with Crippen LogP contribution in [0.25, 0.3) is 0 Å². The minimum atomic E-state index is -2.28. The summed E-state index contributed by atoms with van der Waals surface area (Å²) in [5, 5.41) is 25.8. The molecule has 0 aliphatic rings. The number of carbonyl (C=O) groups is 3. The van der Waals surface area contributed by atoms with E-state index in [1.54, 1.807) is 0 Å². The van der Waals surface area contributed by atoms with Gasteiger partial charge in [0.15, 0.2) is 12.2 Å². The van der Waals surface area contributed by atoms with Gasteiger partial charge in [-0.1, -0.05) is 0 Å². The Morgan fingerprint density at radius 3 is 2.07 bits per heavy atom. The largest absolute Gasteiger partial charge is 0.479 e. The second-order valence-corrected chi connectivity index (χ2v) is 2.45. The van der Waals surface area contributed by atoms with Crippen LogP contribution in [0.15, 0.2) is 0 Å². The molecule has 3 N–H and O–H groups in total. The van der Waals surface area contributed by atoms with Gasteiger partial charge in [-0.25, -0.2) is 9.59 Å². The van der Waals surface area contributed by atoms with Gasteiger partial charge in [0.25, 0.3) is 0 Å². The molecule has 0 fully saturated rings. The maximum atomic E-state index is 10.8. The maximum Gasteiger partial charge on any atom is 0.341 e. The number of carboxylic acid groups (broad SMARTS) is 1. The average Bonchev–Trinajstić information content (AvgIpc) is 2.14. The highest BCUT2D eigenvalue weighted by atomic mass is 16.7. The van der Waals surface area contributed by atoms with E-state index in [1.165, 1.54) is 0 Å². The number of esters is 2. The van der Waals surface area contributed by atoms with Crippen molar-refractivity contribution < 1.29 is 39.2 Å². The zero-order valence-corrected chi connectivity index (χ0v) is 7.74. The van der Waals surface area contributed by atoms with E-state index >= 15 is 0 Å². The van der Waals surface area contributed by atoms with Gasteiger partial charge in [0.1, 0.15) is 0 Å². The third-order valence-electron chi connectivity index (χ3n) is 1.26. The molecule has 0 saturated carbocycles. The van der Waals surface area contributed by atoms with Gasteiger partial charge < -0.3 is 24.8 Å². The zero-order chi connectivity index (χ0) is 12.0. The fourth-order valence-electron chi connectivity index (χ4n) is 0.520. The molecule has 0 aromatic carbocycles. The second kappa shape index (κ2) is 5.94. The summed E-state index contributed by atoms with van der Waals surface area (Å²) < 4.78 is 8.31. The van der Waals surface area contributed by atoms with E-state index in [1.807, 2.05) is 0 Å². The summed E-state index contributed by atoms with van der Waals surface area (Å²) in [5.41, 5.74) is 0. The summed E-state index contributed by atoms with van der Waals surface area (Å²) in [6.07, 6.45) is -4.51. The summed E-state index contributed by atoms with van der Waals surface area (Å²) in [5.74, 6) is -3.88. The van der Waals surface area contributed by atoms with Crippen molar-refractivity contribution in [1.29, 1.82) is 0 Å². The van der Waals surface area contributed by atoms with Crippen LogP contribution in [0.2, 0.25) is 0 Å². The number of ether oxygens (including phenoxy) is 2. The molecular formula is C7H10O8. The number of carboxylic acids is 1. The van der Waals surface area contributed by atoms with Gasteiger partial charge in [0, 0.05) is 6.92 Å². The monoisotopic (exact) mass is 222 g/mol. The van der Waals surface area contributed by atoms with Crippen LogP contribution in [0.4, 0.5) is 0 Å². The van der Waals surface area contributed by atoms with Crippen molar-refractivity contribution in [2.24, 2.45) is 0 Å². The number of hydrogen-bond donors (Lipinski definition) is 3. The molecule has 0 amide bonds. The van der Waals surface area contributed by atoms with Gasteiger partial charge in [0.05, 0.1) is 0 Å². The Kier molecular flexibility index (Phi) is 5.27. The number of hydrogen-bond acceptors (Lipinski definition) is 7. The Morgan fingerprint density at radius 2 is 1.67 bits per heavy atom. The molecule has 86 valence electrons. The predicted octanol–water partition coefficient (Wildman–Crippen LogP) is -2.14. The fraction of sp³-hybridized carbons (Fsp3) is 0.571. The maximum absolute atomic E-state index is 10.8. The van der Waals surface area contributed by atoms with Crippen LogP contribution in [-0.2, 0) is 23.9 Å². The first-order valence-electron chi connectivity index (χ1n) is 3.75. The highest BCUT2D eigenvalue weighted by molar-refractivity contribution is 5.84. The van der Waals surface area contributed by atoms with Crippen molar-refractivity contribution in [3.63, 3.8) is 0 Å². The zero-order valence-electron chi connectivity index (χ0n) is 7.74. The van der Waals surface area contributed by atoms with Crippen molar-refractivity contribution in [2.45, 2.75) is 19.1 Å². The van der Waals surface area contributed by atoms with E-state index in [4.69, 9.17) is 15.3 Å². The molecule has 0 heterocycles. The predicted molar refractivity (Wildman–Crippen MR) is 42.4 cm³/mol. The third-order valence-corrected chi connectivity index (χ3v) is 1.26. The topological polar surface area (TPSA) is 130 Å². The molecule has 0 spiro atoms. The van der Waals surface area contributed by atoms with E-state index < -0.39 is 36.9 Å². The molecule has 2 unspecified atom stereocenters. The second-order valence-electron chi connectivity index (χ2n) is 2.45. The smallest absolute Gasteiger partial charge is 0.341 e. The molecule has 0 aliphatic heterocycles. The first-order valence-corrected chi connectivity index (χ1v) is 3.75. The number of carbonyl (C=O) groups excluding carboxylic acids is 2. The molecular weight excluding hydrogens is 212 g/mol. The van der Waals surface area contributed by atoms with Gasteiger partial charge >= 0.3 is 17.9 Å². The standard InChI is InChI=1S/C7H10O8/c1-3(8)14-2-15-7(13)5(10)4(9)6(11)12/h4-5,9-10H,2H2,1H3,(H,11,12). The summed E-state index contributed by atoms with van der Waals surface area (Å²) in [6.45, 7) is 0.313. The molecule has 0 radical (unpaired) electrons. The highest BCUT2D eigenvalue weighted by Crippen LogP contribution is 1.97. The first-order chi connectivity index (χ1) is 6.86. The van der Waals surface area contributed by atoms with Crippen LogP contribution < -0.4 is 0 Å². The van der Waals surface area contributed by atoms with Crippen LogP contribution in [0.1, 0.15) is 6.92 Å². The van der Waals surface area contributed by atoms with Crippen LogP contribution in [0, 0.1) is 0 Å². The first kappa shape index (κ1) is 13.3. The molecule has 0 bridgehead atoms. The van der Waals surface area contributed by atoms with Gasteiger partial charge in [-0.2, -0.15) is 0 Å². The van der Waals surface area contributed by atoms with Crippen LogP contribution in [0.3, 0.4) is 0 Å². The molecule has 15 heavy (non-hydrogen) atoms. The van der Waals surface area contributed by atoms with Crippen molar-refractivity contribution in [2.75, 3.05) is 6.79 Å². The van der Waals surface area contributed by atoms with E-state index in [9.17, 15) is 14.4 Å². The normalized spacial score (nSPS) is 13.8. The number of aliphatic hydroxyl groups is 2. The lowest BCUT2D eigenvalue weighted by Gasteiger charge is -2.12.